The third-order valence-electron chi connectivity index (χ3n) is 3.41. The van der Waals surface area contributed by atoms with Crippen LogP contribution in [0.4, 0.5) is 4.39 Å². The monoisotopic (exact) mass is 272 g/mol. The van der Waals surface area contributed by atoms with E-state index in [0.717, 1.165) is 18.7 Å². The second kappa shape index (κ2) is 5.97. The Kier molecular flexibility index (Phi) is 4.56. The van der Waals surface area contributed by atoms with Gasteiger partial charge in [-0.25, -0.2) is 4.39 Å². The number of hydrogen-bond acceptors (Lipinski definition) is 3. The highest BCUT2D eigenvalue weighted by molar-refractivity contribution is 6.30. The van der Waals surface area contributed by atoms with E-state index < -0.39 is 0 Å². The first kappa shape index (κ1) is 13.7. The fraction of sp³-hybridized carbons (Fsp3) is 0.538. The average molecular weight is 273 g/mol. The first-order valence-electron chi connectivity index (χ1n) is 6.12. The molecular weight excluding hydrogens is 255 g/mol. The topological polar surface area (TPSA) is 38.5 Å². The summed E-state index contributed by atoms with van der Waals surface area (Å²) in [7, 11) is 0. The molecule has 0 aromatic heterocycles. The average Bonchev–Trinajstić information content (AvgIpc) is 2.41. The van der Waals surface area contributed by atoms with Gasteiger partial charge in [0.1, 0.15) is 5.82 Å². The van der Waals surface area contributed by atoms with Crippen molar-refractivity contribution >= 4 is 11.6 Å². The molecule has 0 radical (unpaired) electrons. The van der Waals surface area contributed by atoms with E-state index >= 15 is 0 Å². The minimum atomic E-state index is -0.380. The van der Waals surface area contributed by atoms with E-state index in [1.165, 1.54) is 6.07 Å². The summed E-state index contributed by atoms with van der Waals surface area (Å²) in [6.07, 6.45) is 0.0807. The lowest BCUT2D eigenvalue weighted by atomic mass is 10.1. The molecule has 0 saturated carbocycles. The molecule has 0 aliphatic carbocycles. The van der Waals surface area contributed by atoms with Crippen molar-refractivity contribution in [2.24, 2.45) is 5.73 Å². The van der Waals surface area contributed by atoms with Gasteiger partial charge in [0.05, 0.1) is 17.7 Å². The SMILES string of the molecule is CC(c1ccc(F)c(Cl)c1)N1CCOC(CN)C1. The summed E-state index contributed by atoms with van der Waals surface area (Å²) in [5.41, 5.74) is 6.64. The molecule has 1 aliphatic rings. The molecule has 2 rings (SSSR count). The van der Waals surface area contributed by atoms with Gasteiger partial charge in [-0.2, -0.15) is 0 Å². The highest BCUT2D eigenvalue weighted by Gasteiger charge is 2.24. The van der Waals surface area contributed by atoms with Crippen molar-refractivity contribution in [3.8, 4) is 0 Å². The molecular formula is C13H18ClFN2O. The van der Waals surface area contributed by atoms with Crippen LogP contribution >= 0.6 is 11.6 Å². The molecule has 5 heteroatoms. The molecule has 0 bridgehead atoms. The highest BCUT2D eigenvalue weighted by Crippen LogP contribution is 2.26. The Morgan fingerprint density at radius 3 is 3.06 bits per heavy atom. The standard InChI is InChI=1S/C13H18ClFN2O/c1-9(10-2-3-13(15)12(14)6-10)17-4-5-18-11(7-16)8-17/h2-3,6,9,11H,4-5,7-8,16H2,1H3. The summed E-state index contributed by atoms with van der Waals surface area (Å²) < 4.78 is 18.7. The molecule has 100 valence electrons. The summed E-state index contributed by atoms with van der Waals surface area (Å²) in [5, 5.41) is 0.169. The number of nitrogens with zero attached hydrogens (tertiary/aromatic N) is 1. The van der Waals surface area contributed by atoms with Crippen LogP contribution in [0, 0.1) is 5.82 Å². The Morgan fingerprint density at radius 1 is 1.61 bits per heavy atom. The maximum atomic E-state index is 13.1. The maximum absolute atomic E-state index is 13.1. The summed E-state index contributed by atoms with van der Waals surface area (Å²) >= 11 is 5.81. The molecule has 1 fully saturated rings. The zero-order valence-electron chi connectivity index (χ0n) is 10.4. The van der Waals surface area contributed by atoms with Crippen LogP contribution in [0.5, 0.6) is 0 Å². The Balaban J connectivity index is 2.10. The first-order valence-corrected chi connectivity index (χ1v) is 6.50. The summed E-state index contributed by atoms with van der Waals surface area (Å²) in [5.74, 6) is -0.380. The minimum absolute atomic E-state index is 0.0807. The van der Waals surface area contributed by atoms with Gasteiger partial charge in [0.15, 0.2) is 0 Å². The van der Waals surface area contributed by atoms with E-state index in [-0.39, 0.29) is 23.0 Å². The van der Waals surface area contributed by atoms with Gasteiger partial charge in [0, 0.05) is 25.7 Å². The molecule has 1 saturated heterocycles. The van der Waals surface area contributed by atoms with Gasteiger partial charge in [0.2, 0.25) is 0 Å². The fourth-order valence-corrected chi connectivity index (χ4v) is 2.41. The van der Waals surface area contributed by atoms with Crippen LogP contribution in [0.2, 0.25) is 5.02 Å². The Bertz CT molecular complexity index is 416. The molecule has 1 aromatic carbocycles. The summed E-state index contributed by atoms with van der Waals surface area (Å²) in [4.78, 5) is 2.28. The number of ether oxygens (including phenoxy) is 1. The van der Waals surface area contributed by atoms with Gasteiger partial charge in [-0.3, -0.25) is 4.90 Å². The quantitative estimate of drug-likeness (QED) is 0.917. The minimum Gasteiger partial charge on any atom is -0.374 e. The number of hydrogen-bond donors (Lipinski definition) is 1. The second-order valence-electron chi connectivity index (χ2n) is 4.57. The van der Waals surface area contributed by atoms with Gasteiger partial charge >= 0.3 is 0 Å². The molecule has 18 heavy (non-hydrogen) atoms. The van der Waals surface area contributed by atoms with E-state index in [4.69, 9.17) is 22.1 Å². The van der Waals surface area contributed by atoms with Gasteiger partial charge < -0.3 is 10.5 Å². The van der Waals surface area contributed by atoms with E-state index in [9.17, 15) is 4.39 Å². The number of morpholine rings is 1. The Morgan fingerprint density at radius 2 is 2.39 bits per heavy atom. The van der Waals surface area contributed by atoms with Crippen molar-refractivity contribution in [3.63, 3.8) is 0 Å². The largest absolute Gasteiger partial charge is 0.374 e. The van der Waals surface area contributed by atoms with Crippen LogP contribution in [0.25, 0.3) is 0 Å². The number of halogens is 2. The highest BCUT2D eigenvalue weighted by atomic mass is 35.5. The van der Waals surface area contributed by atoms with E-state index in [2.05, 4.69) is 11.8 Å². The summed E-state index contributed by atoms with van der Waals surface area (Å²) in [6, 6.07) is 5.06. The predicted molar refractivity (Wildman–Crippen MR) is 70.2 cm³/mol. The zero-order chi connectivity index (χ0) is 13.1. The van der Waals surface area contributed by atoms with Crippen molar-refractivity contribution in [1.29, 1.82) is 0 Å². The number of benzene rings is 1. The van der Waals surface area contributed by atoms with Crippen LogP contribution < -0.4 is 5.73 Å². The molecule has 2 atom stereocenters. The second-order valence-corrected chi connectivity index (χ2v) is 4.98. The van der Waals surface area contributed by atoms with E-state index in [1.54, 1.807) is 12.1 Å². The molecule has 0 amide bonds. The molecule has 2 unspecified atom stereocenters. The van der Waals surface area contributed by atoms with Crippen molar-refractivity contribution in [3.05, 3.63) is 34.6 Å². The third-order valence-corrected chi connectivity index (χ3v) is 3.70. The van der Waals surface area contributed by atoms with Crippen molar-refractivity contribution in [2.45, 2.75) is 19.1 Å². The molecule has 0 spiro atoms. The van der Waals surface area contributed by atoms with Crippen LogP contribution in [0.15, 0.2) is 18.2 Å². The molecule has 3 nitrogen and oxygen atoms in total. The molecule has 1 aliphatic heterocycles. The summed E-state index contributed by atoms with van der Waals surface area (Å²) in [6.45, 7) is 4.94. The number of rotatable bonds is 3. The first-order chi connectivity index (χ1) is 8.61. The van der Waals surface area contributed by atoms with Gasteiger partial charge in [-0.05, 0) is 24.6 Å². The molecule has 1 heterocycles. The molecule has 1 aromatic rings. The Hall–Kier alpha value is -0.680. The third kappa shape index (κ3) is 3.01. The lowest BCUT2D eigenvalue weighted by Crippen LogP contribution is -2.46. The van der Waals surface area contributed by atoms with Crippen molar-refractivity contribution < 1.29 is 9.13 Å². The lowest BCUT2D eigenvalue weighted by molar-refractivity contribution is -0.0364. The lowest BCUT2D eigenvalue weighted by Gasteiger charge is -2.36. The smallest absolute Gasteiger partial charge is 0.141 e. The van der Waals surface area contributed by atoms with E-state index in [1.807, 2.05) is 0 Å². The van der Waals surface area contributed by atoms with Crippen LogP contribution in [-0.2, 0) is 4.74 Å². The molecule has 2 N–H and O–H groups in total. The van der Waals surface area contributed by atoms with Crippen LogP contribution in [-0.4, -0.2) is 37.2 Å². The van der Waals surface area contributed by atoms with Crippen molar-refractivity contribution in [1.82, 2.24) is 4.90 Å². The van der Waals surface area contributed by atoms with Gasteiger partial charge in [-0.15, -0.1) is 0 Å². The number of nitrogens with two attached hydrogens (primary N) is 1. The normalized spacial score (nSPS) is 23.0. The van der Waals surface area contributed by atoms with Crippen LogP contribution in [0.1, 0.15) is 18.5 Å². The van der Waals surface area contributed by atoms with Crippen molar-refractivity contribution in [2.75, 3.05) is 26.2 Å². The van der Waals surface area contributed by atoms with Crippen LogP contribution in [0.3, 0.4) is 0 Å². The predicted octanol–water partition coefficient (Wildman–Crippen LogP) is 2.20. The Labute approximate surface area is 112 Å². The van der Waals surface area contributed by atoms with Gasteiger partial charge in [-0.1, -0.05) is 17.7 Å². The van der Waals surface area contributed by atoms with Gasteiger partial charge in [0.25, 0.3) is 0 Å². The zero-order valence-corrected chi connectivity index (χ0v) is 11.2. The fourth-order valence-electron chi connectivity index (χ4n) is 2.22. The maximum Gasteiger partial charge on any atom is 0.141 e. The van der Waals surface area contributed by atoms with E-state index in [0.29, 0.717) is 13.2 Å².